The van der Waals surface area contributed by atoms with Gasteiger partial charge < -0.3 is 15.2 Å². The number of carbonyl (C=O) groups is 2. The second-order valence-electron chi connectivity index (χ2n) is 4.68. The second kappa shape index (κ2) is 5.73. The predicted molar refractivity (Wildman–Crippen MR) is 69.2 cm³/mol. The summed E-state index contributed by atoms with van der Waals surface area (Å²) in [7, 11) is 1.56. The van der Waals surface area contributed by atoms with Gasteiger partial charge in [0.1, 0.15) is 5.75 Å². The molecule has 19 heavy (non-hydrogen) atoms. The highest BCUT2D eigenvalue weighted by Crippen LogP contribution is 2.26. The van der Waals surface area contributed by atoms with E-state index < -0.39 is 11.9 Å². The molecule has 5 heteroatoms. The molecule has 5 nitrogen and oxygen atoms in total. The predicted octanol–water partition coefficient (Wildman–Crippen LogP) is 1.68. The molecular formula is C14H17NO4. The summed E-state index contributed by atoms with van der Waals surface area (Å²) in [6, 6.07) is 6.47. The lowest BCUT2D eigenvalue weighted by Crippen LogP contribution is -2.40. The van der Waals surface area contributed by atoms with Gasteiger partial charge in [-0.25, -0.2) is 0 Å². The smallest absolute Gasteiger partial charge is 0.308 e. The van der Waals surface area contributed by atoms with Gasteiger partial charge in [-0.05, 0) is 37.1 Å². The fourth-order valence-corrected chi connectivity index (χ4v) is 2.42. The first kappa shape index (κ1) is 13.4. The van der Waals surface area contributed by atoms with E-state index in [0.717, 1.165) is 12.8 Å². The van der Waals surface area contributed by atoms with Gasteiger partial charge >= 0.3 is 5.97 Å². The number of carboxylic acids is 1. The molecule has 2 N–H and O–H groups in total. The molecule has 0 heterocycles. The molecule has 102 valence electrons. The van der Waals surface area contributed by atoms with Crippen LogP contribution < -0.4 is 10.1 Å². The van der Waals surface area contributed by atoms with Gasteiger partial charge in [-0.1, -0.05) is 6.42 Å². The second-order valence-corrected chi connectivity index (χ2v) is 4.68. The van der Waals surface area contributed by atoms with Crippen LogP contribution in [0.5, 0.6) is 5.75 Å². The van der Waals surface area contributed by atoms with E-state index in [4.69, 9.17) is 9.84 Å². The number of ether oxygens (including phenoxy) is 1. The Hall–Kier alpha value is -2.04. The van der Waals surface area contributed by atoms with E-state index in [-0.39, 0.29) is 11.9 Å². The maximum absolute atomic E-state index is 12.0. The molecule has 0 aliphatic heterocycles. The van der Waals surface area contributed by atoms with E-state index in [0.29, 0.717) is 17.7 Å². The maximum atomic E-state index is 12.0. The van der Waals surface area contributed by atoms with Crippen LogP contribution in [0.1, 0.15) is 29.6 Å². The van der Waals surface area contributed by atoms with Gasteiger partial charge in [0.2, 0.25) is 0 Å². The molecule has 0 spiro atoms. The number of methoxy groups -OCH3 is 1. The van der Waals surface area contributed by atoms with Gasteiger partial charge in [0, 0.05) is 11.6 Å². The topological polar surface area (TPSA) is 75.6 Å². The fourth-order valence-electron chi connectivity index (χ4n) is 2.42. The van der Waals surface area contributed by atoms with Crippen LogP contribution in [0, 0.1) is 5.92 Å². The first-order valence-electron chi connectivity index (χ1n) is 6.29. The highest BCUT2D eigenvalue weighted by atomic mass is 16.5. The van der Waals surface area contributed by atoms with Crippen molar-refractivity contribution in [2.45, 2.75) is 25.3 Å². The SMILES string of the molecule is COc1ccc(C(=O)N[C@@H]2CCC[C@@H]2C(=O)O)cc1. The third-order valence-corrected chi connectivity index (χ3v) is 3.50. The average molecular weight is 263 g/mol. The van der Waals surface area contributed by atoms with Crippen LogP contribution in [0.4, 0.5) is 0 Å². The standard InChI is InChI=1S/C14H17NO4/c1-19-10-7-5-9(6-8-10)13(16)15-12-4-2-3-11(12)14(17)18/h5-8,11-12H,2-4H2,1H3,(H,15,16)(H,17,18)/t11-,12+/m0/s1. The zero-order valence-electron chi connectivity index (χ0n) is 10.8. The van der Waals surface area contributed by atoms with Crippen molar-refractivity contribution >= 4 is 11.9 Å². The van der Waals surface area contributed by atoms with Crippen molar-refractivity contribution in [1.82, 2.24) is 5.32 Å². The van der Waals surface area contributed by atoms with Crippen LogP contribution in [-0.4, -0.2) is 30.1 Å². The highest BCUT2D eigenvalue weighted by Gasteiger charge is 2.33. The minimum absolute atomic E-state index is 0.235. The zero-order chi connectivity index (χ0) is 13.8. The molecule has 1 fully saturated rings. The van der Waals surface area contributed by atoms with Crippen LogP contribution in [0.15, 0.2) is 24.3 Å². The molecule has 0 radical (unpaired) electrons. The van der Waals surface area contributed by atoms with Gasteiger partial charge in [0.05, 0.1) is 13.0 Å². The van der Waals surface area contributed by atoms with Gasteiger partial charge in [-0.3, -0.25) is 9.59 Å². The normalized spacial score (nSPS) is 21.9. The molecule has 2 atom stereocenters. The Labute approximate surface area is 111 Å². The van der Waals surface area contributed by atoms with E-state index in [1.165, 1.54) is 0 Å². The van der Waals surface area contributed by atoms with Crippen LogP contribution in [0.25, 0.3) is 0 Å². The number of carboxylic acid groups (broad SMARTS) is 1. The lowest BCUT2D eigenvalue weighted by Gasteiger charge is -2.17. The summed E-state index contributed by atoms with van der Waals surface area (Å²) in [5.41, 5.74) is 0.511. The van der Waals surface area contributed by atoms with Crippen molar-refractivity contribution < 1.29 is 19.4 Å². The van der Waals surface area contributed by atoms with Crippen molar-refractivity contribution in [3.8, 4) is 5.75 Å². The summed E-state index contributed by atoms with van der Waals surface area (Å²) in [6.07, 6.45) is 2.19. The molecule has 0 unspecified atom stereocenters. The summed E-state index contributed by atoms with van der Waals surface area (Å²) in [5.74, 6) is -0.860. The Morgan fingerprint density at radius 3 is 2.53 bits per heavy atom. The van der Waals surface area contributed by atoms with Gasteiger partial charge in [-0.15, -0.1) is 0 Å². The van der Waals surface area contributed by atoms with E-state index in [9.17, 15) is 9.59 Å². The number of carbonyl (C=O) groups excluding carboxylic acids is 1. The quantitative estimate of drug-likeness (QED) is 0.866. The molecule has 0 bridgehead atoms. The highest BCUT2D eigenvalue weighted by molar-refractivity contribution is 5.94. The Kier molecular flexibility index (Phi) is 4.04. The Morgan fingerprint density at radius 2 is 1.95 bits per heavy atom. The van der Waals surface area contributed by atoms with E-state index in [1.54, 1.807) is 31.4 Å². The molecule has 0 saturated heterocycles. The molecule has 1 aromatic rings. The van der Waals surface area contributed by atoms with Crippen molar-refractivity contribution in [3.05, 3.63) is 29.8 Å². The zero-order valence-corrected chi connectivity index (χ0v) is 10.8. The van der Waals surface area contributed by atoms with Gasteiger partial charge in [-0.2, -0.15) is 0 Å². The van der Waals surface area contributed by atoms with E-state index in [2.05, 4.69) is 5.32 Å². The molecule has 1 aromatic carbocycles. The number of nitrogens with one attached hydrogen (secondary N) is 1. The van der Waals surface area contributed by atoms with Gasteiger partial charge in [0.25, 0.3) is 5.91 Å². The summed E-state index contributed by atoms with van der Waals surface area (Å²) in [6.45, 7) is 0. The molecule has 1 aliphatic carbocycles. The van der Waals surface area contributed by atoms with Crippen molar-refractivity contribution in [2.24, 2.45) is 5.92 Å². The number of hydrogen-bond acceptors (Lipinski definition) is 3. The number of rotatable bonds is 4. The minimum atomic E-state index is -0.836. The fraction of sp³-hybridized carbons (Fsp3) is 0.429. The molecular weight excluding hydrogens is 246 g/mol. The Morgan fingerprint density at radius 1 is 1.26 bits per heavy atom. The first-order valence-corrected chi connectivity index (χ1v) is 6.29. The molecule has 2 rings (SSSR count). The van der Waals surface area contributed by atoms with E-state index >= 15 is 0 Å². The maximum Gasteiger partial charge on any atom is 0.308 e. The number of benzene rings is 1. The average Bonchev–Trinajstić information content (AvgIpc) is 2.87. The number of aliphatic carboxylic acids is 1. The third kappa shape index (κ3) is 3.05. The van der Waals surface area contributed by atoms with Crippen molar-refractivity contribution in [1.29, 1.82) is 0 Å². The summed E-state index contributed by atoms with van der Waals surface area (Å²) in [4.78, 5) is 23.1. The van der Waals surface area contributed by atoms with Crippen molar-refractivity contribution in [3.63, 3.8) is 0 Å². The van der Waals surface area contributed by atoms with Crippen molar-refractivity contribution in [2.75, 3.05) is 7.11 Å². The Balaban J connectivity index is 2.01. The van der Waals surface area contributed by atoms with Crippen LogP contribution >= 0.6 is 0 Å². The molecule has 1 saturated carbocycles. The minimum Gasteiger partial charge on any atom is -0.497 e. The summed E-state index contributed by atoms with van der Waals surface area (Å²) in [5, 5.41) is 11.9. The number of amides is 1. The number of hydrogen-bond donors (Lipinski definition) is 2. The lowest BCUT2D eigenvalue weighted by molar-refractivity contribution is -0.142. The summed E-state index contributed by atoms with van der Waals surface area (Å²) < 4.78 is 5.02. The monoisotopic (exact) mass is 263 g/mol. The van der Waals surface area contributed by atoms with E-state index in [1.807, 2.05) is 0 Å². The van der Waals surface area contributed by atoms with Crippen LogP contribution in [-0.2, 0) is 4.79 Å². The molecule has 1 amide bonds. The first-order chi connectivity index (χ1) is 9.11. The summed E-state index contributed by atoms with van der Waals surface area (Å²) >= 11 is 0. The molecule has 1 aliphatic rings. The van der Waals surface area contributed by atoms with Crippen LogP contribution in [0.3, 0.4) is 0 Å². The largest absolute Gasteiger partial charge is 0.497 e. The van der Waals surface area contributed by atoms with Crippen LogP contribution in [0.2, 0.25) is 0 Å². The Bertz CT molecular complexity index is 469. The third-order valence-electron chi connectivity index (χ3n) is 3.50. The molecule has 0 aromatic heterocycles. The lowest BCUT2D eigenvalue weighted by atomic mass is 10.0. The van der Waals surface area contributed by atoms with Gasteiger partial charge in [0.15, 0.2) is 0 Å².